The topological polar surface area (TPSA) is 72.6 Å². The van der Waals surface area contributed by atoms with E-state index in [0.717, 1.165) is 0 Å². The second kappa shape index (κ2) is 4.13. The monoisotopic (exact) mass is 256 g/mol. The number of aryl methyl sites for hydroxylation is 1. The van der Waals surface area contributed by atoms with Gasteiger partial charge in [-0.05, 0) is 28.4 Å². The van der Waals surface area contributed by atoms with Gasteiger partial charge in [0.2, 0.25) is 6.08 Å². The van der Waals surface area contributed by atoms with E-state index in [9.17, 15) is 14.9 Å². The normalized spacial score (nSPS) is 9.29. The summed E-state index contributed by atoms with van der Waals surface area (Å²) in [4.78, 5) is 23.3. The first kappa shape index (κ1) is 10.6. The number of nitro groups is 1. The molecule has 0 unspecified atom stereocenters. The van der Waals surface area contributed by atoms with E-state index in [1.165, 1.54) is 18.2 Å². The lowest BCUT2D eigenvalue weighted by Crippen LogP contribution is -1.89. The summed E-state index contributed by atoms with van der Waals surface area (Å²) >= 11 is 3.17. The maximum Gasteiger partial charge on any atom is 0.271 e. The van der Waals surface area contributed by atoms with E-state index in [1.807, 2.05) is 0 Å². The van der Waals surface area contributed by atoms with E-state index in [-0.39, 0.29) is 11.4 Å². The van der Waals surface area contributed by atoms with Gasteiger partial charge in [0.25, 0.3) is 5.69 Å². The molecule has 0 N–H and O–H groups in total. The number of benzene rings is 1. The largest absolute Gasteiger partial charge is 0.271 e. The molecule has 0 amide bonds. The van der Waals surface area contributed by atoms with Crippen LogP contribution in [-0.4, -0.2) is 11.0 Å². The summed E-state index contributed by atoms with van der Waals surface area (Å²) in [6, 6.07) is 2.61. The summed E-state index contributed by atoms with van der Waals surface area (Å²) in [5.41, 5.74) is 0.764. The average molecular weight is 257 g/mol. The van der Waals surface area contributed by atoms with Gasteiger partial charge < -0.3 is 0 Å². The molecule has 6 heteroatoms. The van der Waals surface area contributed by atoms with Crippen molar-refractivity contribution < 1.29 is 9.72 Å². The van der Waals surface area contributed by atoms with Crippen molar-refractivity contribution in [3.05, 3.63) is 32.3 Å². The molecule has 1 rings (SSSR count). The fraction of sp³-hybridized carbons (Fsp3) is 0.125. The summed E-state index contributed by atoms with van der Waals surface area (Å²) in [6.07, 6.45) is 1.34. The number of nitrogens with zero attached hydrogens (tertiary/aromatic N) is 2. The van der Waals surface area contributed by atoms with Crippen molar-refractivity contribution in [3.63, 3.8) is 0 Å². The number of halogens is 1. The highest BCUT2D eigenvalue weighted by Crippen LogP contribution is 2.32. The molecule has 72 valence electrons. The van der Waals surface area contributed by atoms with Crippen molar-refractivity contribution in [2.24, 2.45) is 4.99 Å². The first-order valence-electron chi connectivity index (χ1n) is 3.58. The van der Waals surface area contributed by atoms with Crippen LogP contribution in [0.1, 0.15) is 5.56 Å². The molecular weight excluding hydrogens is 252 g/mol. The molecule has 0 fully saturated rings. The number of nitro benzene ring substituents is 1. The summed E-state index contributed by atoms with van der Waals surface area (Å²) < 4.78 is 0.562. The van der Waals surface area contributed by atoms with Crippen molar-refractivity contribution >= 4 is 33.4 Å². The molecule has 0 saturated heterocycles. The third-order valence-electron chi connectivity index (χ3n) is 1.60. The van der Waals surface area contributed by atoms with Crippen LogP contribution in [0, 0.1) is 17.0 Å². The Morgan fingerprint density at radius 2 is 2.21 bits per heavy atom. The number of hydrogen-bond donors (Lipinski definition) is 0. The van der Waals surface area contributed by atoms with Crippen LogP contribution < -0.4 is 0 Å². The number of non-ortho nitro benzene ring substituents is 1. The number of isocyanates is 1. The zero-order chi connectivity index (χ0) is 10.7. The molecule has 0 saturated carbocycles. The maximum atomic E-state index is 10.5. The molecule has 0 atom stereocenters. The number of carbonyl (C=O) groups excluding carboxylic acids is 1. The van der Waals surface area contributed by atoms with Crippen LogP contribution in [0.15, 0.2) is 21.6 Å². The SMILES string of the molecule is Cc1cc([N+](=O)[O-])cc(N=C=O)c1Br. The molecule has 14 heavy (non-hydrogen) atoms. The number of rotatable bonds is 2. The second-order valence-corrected chi connectivity index (χ2v) is 3.35. The third kappa shape index (κ3) is 2.04. The van der Waals surface area contributed by atoms with Crippen molar-refractivity contribution in [1.82, 2.24) is 0 Å². The van der Waals surface area contributed by atoms with Gasteiger partial charge >= 0.3 is 0 Å². The Morgan fingerprint density at radius 3 is 2.71 bits per heavy atom. The molecule has 0 radical (unpaired) electrons. The predicted octanol–water partition coefficient (Wildman–Crippen LogP) is 2.63. The highest BCUT2D eigenvalue weighted by molar-refractivity contribution is 9.10. The van der Waals surface area contributed by atoms with Gasteiger partial charge in [0.15, 0.2) is 0 Å². The zero-order valence-corrected chi connectivity index (χ0v) is 8.74. The lowest BCUT2D eigenvalue weighted by Gasteiger charge is -2.00. The lowest BCUT2D eigenvalue weighted by atomic mass is 10.2. The Hall–Kier alpha value is -1.52. The highest BCUT2D eigenvalue weighted by atomic mass is 79.9. The third-order valence-corrected chi connectivity index (χ3v) is 2.63. The molecule has 0 heterocycles. The fourth-order valence-electron chi connectivity index (χ4n) is 0.968. The van der Waals surface area contributed by atoms with Crippen molar-refractivity contribution in [2.45, 2.75) is 6.92 Å². The zero-order valence-electron chi connectivity index (χ0n) is 7.15. The Kier molecular flexibility index (Phi) is 3.11. The van der Waals surface area contributed by atoms with Crippen molar-refractivity contribution in [3.8, 4) is 0 Å². The molecular formula is C8H5BrN2O3. The minimum Gasteiger partial charge on any atom is -0.258 e. The molecule has 1 aromatic carbocycles. The number of aliphatic imine (C=N–C) groups is 1. The van der Waals surface area contributed by atoms with E-state index in [1.54, 1.807) is 6.92 Å². The van der Waals surface area contributed by atoms with Gasteiger partial charge in [0, 0.05) is 16.6 Å². The van der Waals surface area contributed by atoms with E-state index in [2.05, 4.69) is 20.9 Å². The summed E-state index contributed by atoms with van der Waals surface area (Å²) in [5, 5.41) is 10.5. The van der Waals surface area contributed by atoms with Gasteiger partial charge in [0.1, 0.15) is 0 Å². The Balaban J connectivity index is 3.42. The second-order valence-electron chi connectivity index (χ2n) is 2.56. The summed E-state index contributed by atoms with van der Waals surface area (Å²) in [7, 11) is 0. The van der Waals surface area contributed by atoms with Gasteiger partial charge in [-0.25, -0.2) is 4.79 Å². The first-order chi connectivity index (χ1) is 6.56. The fourth-order valence-corrected chi connectivity index (χ4v) is 1.29. The van der Waals surface area contributed by atoms with Crippen LogP contribution in [0.4, 0.5) is 11.4 Å². The molecule has 0 aliphatic heterocycles. The molecule has 5 nitrogen and oxygen atoms in total. The van der Waals surface area contributed by atoms with Crippen LogP contribution >= 0.6 is 15.9 Å². The molecule has 0 spiro atoms. The minimum atomic E-state index is -0.538. The summed E-state index contributed by atoms with van der Waals surface area (Å²) in [6.45, 7) is 1.68. The van der Waals surface area contributed by atoms with Gasteiger partial charge in [0.05, 0.1) is 10.6 Å². The van der Waals surface area contributed by atoms with Crippen LogP contribution in [-0.2, 0) is 4.79 Å². The Labute approximate surface area is 87.7 Å². The van der Waals surface area contributed by atoms with E-state index in [4.69, 9.17) is 0 Å². The number of hydrogen-bond acceptors (Lipinski definition) is 4. The van der Waals surface area contributed by atoms with Crippen LogP contribution in [0.25, 0.3) is 0 Å². The van der Waals surface area contributed by atoms with Gasteiger partial charge in [-0.1, -0.05) is 0 Å². The van der Waals surface area contributed by atoms with E-state index < -0.39 is 4.92 Å². The molecule has 0 aromatic heterocycles. The summed E-state index contributed by atoms with van der Waals surface area (Å²) in [5.74, 6) is 0. The van der Waals surface area contributed by atoms with Crippen LogP contribution in [0.5, 0.6) is 0 Å². The molecule has 0 aliphatic rings. The van der Waals surface area contributed by atoms with Gasteiger partial charge in [-0.2, -0.15) is 4.99 Å². The average Bonchev–Trinajstić information content (AvgIpc) is 2.12. The molecule has 0 bridgehead atoms. The van der Waals surface area contributed by atoms with E-state index >= 15 is 0 Å². The van der Waals surface area contributed by atoms with Gasteiger partial charge in [-0.15, -0.1) is 0 Å². The van der Waals surface area contributed by atoms with Crippen molar-refractivity contribution in [1.29, 1.82) is 0 Å². The molecule has 0 aliphatic carbocycles. The molecule has 1 aromatic rings. The van der Waals surface area contributed by atoms with Gasteiger partial charge in [-0.3, -0.25) is 10.1 Å². The van der Waals surface area contributed by atoms with Crippen LogP contribution in [0.3, 0.4) is 0 Å². The lowest BCUT2D eigenvalue weighted by molar-refractivity contribution is -0.384. The Bertz CT molecular complexity index is 438. The van der Waals surface area contributed by atoms with Crippen LogP contribution in [0.2, 0.25) is 0 Å². The highest BCUT2D eigenvalue weighted by Gasteiger charge is 2.12. The maximum absolute atomic E-state index is 10.5. The minimum absolute atomic E-state index is 0.0975. The smallest absolute Gasteiger partial charge is 0.258 e. The Morgan fingerprint density at radius 1 is 1.57 bits per heavy atom. The standard InChI is InChI=1S/C8H5BrN2O3/c1-5-2-6(11(13)14)3-7(8(5)9)10-4-12/h2-3H,1H3. The van der Waals surface area contributed by atoms with Crippen molar-refractivity contribution in [2.75, 3.05) is 0 Å². The predicted molar refractivity (Wildman–Crippen MR) is 53.3 cm³/mol. The quantitative estimate of drug-likeness (QED) is 0.354. The van der Waals surface area contributed by atoms with E-state index in [0.29, 0.717) is 10.0 Å². The first-order valence-corrected chi connectivity index (χ1v) is 4.38.